The summed E-state index contributed by atoms with van der Waals surface area (Å²) >= 11 is 12.7. The summed E-state index contributed by atoms with van der Waals surface area (Å²) in [4.78, 5) is 111. The van der Waals surface area contributed by atoms with Gasteiger partial charge in [0, 0.05) is 103 Å². The number of halogens is 4. The lowest BCUT2D eigenvalue weighted by Crippen LogP contribution is -2.24. The number of nitrogens with one attached hydrogen (secondary N) is 14. The van der Waals surface area contributed by atoms with Crippen LogP contribution in [0.1, 0.15) is 87.6 Å². The second-order valence-electron chi connectivity index (χ2n) is 32.9. The van der Waals surface area contributed by atoms with E-state index >= 15 is 8.78 Å². The van der Waals surface area contributed by atoms with Gasteiger partial charge in [-0.2, -0.15) is 35.2 Å². The van der Waals surface area contributed by atoms with E-state index in [4.69, 9.17) is 32.7 Å². The van der Waals surface area contributed by atoms with Crippen LogP contribution in [0.2, 0.25) is 10.0 Å². The van der Waals surface area contributed by atoms with Gasteiger partial charge in [-0.05, 0) is 237 Å². The van der Waals surface area contributed by atoms with Gasteiger partial charge < -0.3 is 68.0 Å². The van der Waals surface area contributed by atoms with Crippen LogP contribution in [0.4, 0.5) is 107 Å². The Morgan fingerprint density at radius 2 is 0.788 bits per heavy atom. The molecule has 0 atom stereocenters. The molecule has 146 heavy (non-hydrogen) atoms. The smallest absolute Gasteiger partial charge is 0.330 e. The van der Waals surface area contributed by atoms with Gasteiger partial charge in [-0.1, -0.05) is 102 Å². The van der Waals surface area contributed by atoms with E-state index in [9.17, 15) is 34.1 Å². The van der Waals surface area contributed by atoms with Crippen molar-refractivity contribution in [3.05, 3.63) is 337 Å². The van der Waals surface area contributed by atoms with Gasteiger partial charge in [0.2, 0.25) is 35.5 Å². The number of carbonyl (C=O) groups excluding carboxylic acids is 5. The lowest BCUT2D eigenvalue weighted by Gasteiger charge is -2.22. The Balaban J connectivity index is 0.000000146. The Kier molecular flexibility index (Phi) is 31.8. The van der Waals surface area contributed by atoms with Gasteiger partial charge in [0.1, 0.15) is 45.2 Å². The van der Waals surface area contributed by atoms with Crippen molar-refractivity contribution in [3.63, 3.8) is 0 Å². The first kappa shape index (κ1) is 102. The predicted octanol–water partition coefficient (Wildman–Crippen LogP) is 21.4. The van der Waals surface area contributed by atoms with Gasteiger partial charge >= 0.3 is 5.69 Å². The lowest BCUT2D eigenvalue weighted by molar-refractivity contribution is -0.384. The summed E-state index contributed by atoms with van der Waals surface area (Å²) in [6.07, 6.45) is 7.22. The molecule has 738 valence electrons. The Labute approximate surface area is 844 Å². The molecule has 0 saturated heterocycles. The SMILES string of the molecule is CNC(=O)c1ccc(-c2cc(F)c(Nc3ncc(Cl)c(N(C(C)=O)c4cnc5ccccc5c4)n3)cc2C)cc1.CNC(=O)c1ccc(-c2cc(F)c(Nc3ncc(Cl)c(Nc4n[nH]c5ccccc45)n3)cc2C)cc1.CNC(=O)c1ccc(-c2cc(OC)c(Nc3ncc(C)c(Nc4cc(C)[nH]n4)n3)cc2C)cc1.CNC(=O)c1ccc(-c2cc(OC)c(Nc3ncc([N+](=O)[O-])c(Nc4cc(C)[nH]n4)n3)cc2C)cc1. The molecule has 5 amide bonds. The van der Waals surface area contributed by atoms with Crippen LogP contribution in [-0.4, -0.2) is 152 Å². The van der Waals surface area contributed by atoms with Crippen LogP contribution < -0.4 is 72.9 Å². The van der Waals surface area contributed by atoms with Crippen LogP contribution in [0.3, 0.4) is 0 Å². The number of rotatable bonds is 27. The number of benzene rings is 10. The number of aryl methyl sites for hydroxylation is 7. The summed E-state index contributed by atoms with van der Waals surface area (Å²) in [6.45, 7) is 14.8. The summed E-state index contributed by atoms with van der Waals surface area (Å²) in [6, 6.07) is 63.1. The fourth-order valence-electron chi connectivity index (χ4n) is 15.4. The van der Waals surface area contributed by atoms with Gasteiger partial charge in [0.15, 0.2) is 29.1 Å². The number of methoxy groups -OCH3 is 2. The molecule has 0 bridgehead atoms. The number of pyridine rings is 1. The van der Waals surface area contributed by atoms with Crippen molar-refractivity contribution in [2.24, 2.45) is 0 Å². The fraction of sp³-hybridized carbons (Fsp3) is 0.133. The van der Waals surface area contributed by atoms with E-state index in [1.165, 1.54) is 43.5 Å². The molecule has 10 aromatic carbocycles. The van der Waals surface area contributed by atoms with Crippen molar-refractivity contribution in [2.75, 3.05) is 84.5 Å². The molecule has 41 heteroatoms. The first-order chi connectivity index (χ1) is 70.3. The second kappa shape index (κ2) is 45.6. The van der Waals surface area contributed by atoms with Crippen molar-refractivity contribution in [3.8, 4) is 56.0 Å². The topological polar surface area (TPSA) is 485 Å². The lowest BCUT2D eigenvalue weighted by atomic mass is 9.98. The number of aromatic amines is 3. The third kappa shape index (κ3) is 24.1. The molecule has 0 saturated carbocycles. The van der Waals surface area contributed by atoms with Crippen LogP contribution >= 0.6 is 23.2 Å². The van der Waals surface area contributed by atoms with Gasteiger partial charge in [0.25, 0.3) is 23.6 Å². The summed E-state index contributed by atoms with van der Waals surface area (Å²) in [7, 11) is 9.50. The predicted molar refractivity (Wildman–Crippen MR) is 563 cm³/mol. The standard InChI is InChI=1S/C30H24ClFN6O2.C26H21ClFN7O.C25H27N7O2.C24H24N8O4/c1-17-12-27(25(32)14-23(17)19-8-10-20(11-9-19)29(40)33-3)36-30-35-16-24(31)28(37-30)38(18(2)39)22-13-21-6-4-5-7-26(21)34-15-22;1-14-11-22(20(28)12-18(14)15-7-9-16(10-8-15)25(36)29-2)31-26-30-13-19(27)24(33-26)32-23-17-5-3-4-6-21(17)34-35-23;1-14-10-20(21(34-5)12-19(14)17-6-8-18(9-7-17)24(33)26-4)28-25-27-13-15(2)23(30-25)29-22-11-16(3)31-32-22;1-13-9-18(20(36-4)11-17(13)15-5-7-16(8-6-15)23(33)25-3)27-24-26-12-19(32(34)35)22(29-24)28-21-10-14(2)30-31-21/h4-16H,1-3H3,(H,33,40)(H,35,36,37);3-13H,1-2H3,(H,29,36)(H3,30,31,32,33,34,35);6-13H,1-5H3,(H,26,33)(H3,27,28,29,30,31,32);5-12H,1-4H3,(H,25,33)(H3,26,27,28,29,30,31). The molecule has 18 aromatic rings. The van der Waals surface area contributed by atoms with Crippen molar-refractivity contribution in [2.45, 2.75) is 55.4 Å². The number of hydrogen-bond donors (Lipinski definition) is 14. The minimum atomic E-state index is -0.569. The van der Waals surface area contributed by atoms with Gasteiger partial charge in [-0.3, -0.25) is 59.3 Å². The van der Waals surface area contributed by atoms with E-state index in [2.05, 4.69) is 134 Å². The molecular weight excluding hydrogens is 1910 g/mol. The first-order valence-electron chi connectivity index (χ1n) is 45.0. The van der Waals surface area contributed by atoms with Crippen LogP contribution in [0.15, 0.2) is 243 Å². The zero-order chi connectivity index (χ0) is 104. The highest BCUT2D eigenvalue weighted by Crippen LogP contribution is 2.42. The molecule has 14 N–H and O–H groups in total. The van der Waals surface area contributed by atoms with Crippen LogP contribution in [0.25, 0.3) is 66.3 Å². The number of hydrogen-bond acceptors (Lipinski definition) is 28. The number of para-hydroxylation sites is 2. The molecule has 0 radical (unpaired) electrons. The number of nitrogens with zero attached hydrogens (tertiary/aromatic N) is 14. The maximum atomic E-state index is 15.3. The van der Waals surface area contributed by atoms with Gasteiger partial charge in [-0.15, -0.1) is 0 Å². The third-order valence-electron chi connectivity index (χ3n) is 22.8. The molecule has 0 aliphatic carbocycles. The number of amides is 5. The van der Waals surface area contributed by atoms with Crippen molar-refractivity contribution in [1.29, 1.82) is 0 Å². The quantitative estimate of drug-likeness (QED) is 0.0168. The Bertz CT molecular complexity index is 7960. The zero-order valence-electron chi connectivity index (χ0n) is 81.0. The number of aromatic nitrogens is 15. The fourth-order valence-corrected chi connectivity index (χ4v) is 15.7. The number of anilines is 16. The molecule has 37 nitrogen and oxygen atoms in total. The van der Waals surface area contributed by atoms with Crippen molar-refractivity contribution in [1.82, 2.24) is 96.7 Å². The minimum absolute atomic E-state index is 0.00693. The zero-order valence-corrected chi connectivity index (χ0v) is 82.6. The Hall–Kier alpha value is -18.8. The summed E-state index contributed by atoms with van der Waals surface area (Å²) in [5.74, 6) is 2.72. The van der Waals surface area contributed by atoms with E-state index in [1.807, 2.05) is 170 Å². The van der Waals surface area contributed by atoms with Crippen LogP contribution in [0, 0.1) is 70.2 Å². The largest absolute Gasteiger partial charge is 0.495 e. The molecule has 0 spiro atoms. The molecular formula is C105H96Cl2F2N28O9. The number of H-pyrrole nitrogens is 3. The molecule has 0 aliphatic heterocycles. The molecule has 0 fully saturated rings. The number of ether oxygens (including phenoxy) is 2. The monoisotopic (exact) mass is 2000 g/mol. The maximum Gasteiger partial charge on any atom is 0.330 e. The number of nitro groups is 1. The Morgan fingerprint density at radius 1 is 0.390 bits per heavy atom. The van der Waals surface area contributed by atoms with E-state index in [-0.39, 0.29) is 81.1 Å². The highest BCUT2D eigenvalue weighted by molar-refractivity contribution is 6.34. The molecule has 8 aromatic heterocycles. The van der Waals surface area contributed by atoms with E-state index in [1.54, 1.807) is 127 Å². The molecule has 18 rings (SSSR count). The highest BCUT2D eigenvalue weighted by Gasteiger charge is 2.26. The van der Waals surface area contributed by atoms with Gasteiger partial charge in [0.05, 0.1) is 77.2 Å². The normalized spacial score (nSPS) is 10.7. The summed E-state index contributed by atoms with van der Waals surface area (Å²) in [5.41, 5.74) is 18.8. The van der Waals surface area contributed by atoms with E-state index in [0.717, 1.165) is 106 Å². The third-order valence-corrected chi connectivity index (χ3v) is 23.4. The highest BCUT2D eigenvalue weighted by atomic mass is 35.5. The van der Waals surface area contributed by atoms with Crippen molar-refractivity contribution < 1.29 is 47.2 Å². The summed E-state index contributed by atoms with van der Waals surface area (Å²) < 4.78 is 41.6. The Morgan fingerprint density at radius 3 is 1.23 bits per heavy atom. The molecule has 0 aliphatic rings. The van der Waals surface area contributed by atoms with Crippen molar-refractivity contribution >= 4 is 173 Å². The first-order valence-corrected chi connectivity index (χ1v) is 45.8. The average molecular weight is 2000 g/mol. The average Bonchev–Trinajstić information content (AvgIpc) is 1.26. The van der Waals surface area contributed by atoms with E-state index < -0.39 is 16.6 Å². The number of carbonyl (C=O) groups is 5. The minimum Gasteiger partial charge on any atom is -0.495 e. The maximum absolute atomic E-state index is 15.3. The second-order valence-corrected chi connectivity index (χ2v) is 33.7. The molecule has 8 heterocycles. The van der Waals surface area contributed by atoms with Crippen LogP contribution in [-0.2, 0) is 4.79 Å². The van der Waals surface area contributed by atoms with Gasteiger partial charge in [-0.25, -0.2) is 28.7 Å². The van der Waals surface area contributed by atoms with Crippen LogP contribution in [0.5, 0.6) is 11.5 Å². The van der Waals surface area contributed by atoms with E-state index in [0.29, 0.717) is 96.3 Å². The summed E-state index contributed by atoms with van der Waals surface area (Å²) in [5, 5.41) is 66.5. The molecule has 0 unspecified atom stereocenters. The number of fused-ring (bicyclic) bond motifs is 2.